The Labute approximate surface area is 135 Å². The molecule has 0 radical (unpaired) electrons. The van der Waals surface area contributed by atoms with Gasteiger partial charge in [0, 0.05) is 31.9 Å². The van der Waals surface area contributed by atoms with Gasteiger partial charge < -0.3 is 15.0 Å². The predicted molar refractivity (Wildman–Crippen MR) is 83.8 cm³/mol. The number of hydrogen-bond donors (Lipinski definition) is 2. The summed E-state index contributed by atoms with van der Waals surface area (Å²) in [5, 5.41) is 11.8. The summed E-state index contributed by atoms with van der Waals surface area (Å²) in [5.74, 6) is -1.14. The van der Waals surface area contributed by atoms with Crippen LogP contribution in [-0.2, 0) is 16.1 Å². The van der Waals surface area contributed by atoms with Gasteiger partial charge in [-0.2, -0.15) is 0 Å². The smallest absolute Gasteiger partial charge is 0.305 e. The number of amides is 1. The lowest BCUT2D eigenvalue weighted by atomic mass is 9.95. The third-order valence-electron chi connectivity index (χ3n) is 4.89. The predicted octanol–water partition coefficient (Wildman–Crippen LogP) is 1.16. The molecule has 2 fully saturated rings. The van der Waals surface area contributed by atoms with E-state index in [1.165, 1.54) is 32.1 Å². The van der Waals surface area contributed by atoms with Gasteiger partial charge in [-0.1, -0.05) is 19.3 Å². The lowest BCUT2D eigenvalue weighted by Crippen LogP contribution is -2.55. The Morgan fingerprint density at radius 3 is 2.87 bits per heavy atom. The molecule has 3 rings (SSSR count). The molecule has 0 bridgehead atoms. The van der Waals surface area contributed by atoms with Crippen molar-refractivity contribution in [1.82, 2.24) is 19.8 Å². The molecule has 0 aromatic carbocycles. The van der Waals surface area contributed by atoms with Crippen LogP contribution in [0, 0.1) is 0 Å². The molecular weight excluding hydrogens is 296 g/mol. The molecule has 2 N–H and O–H groups in total. The maximum absolute atomic E-state index is 12.0. The minimum atomic E-state index is -0.946. The van der Waals surface area contributed by atoms with Crippen molar-refractivity contribution in [1.29, 1.82) is 0 Å². The molecule has 126 valence electrons. The second-order valence-electron chi connectivity index (χ2n) is 6.46. The third-order valence-corrected chi connectivity index (χ3v) is 4.89. The first-order valence-corrected chi connectivity index (χ1v) is 8.39. The first-order chi connectivity index (χ1) is 11.1. The Morgan fingerprint density at radius 2 is 2.13 bits per heavy atom. The average Bonchev–Trinajstić information content (AvgIpc) is 2.99. The fourth-order valence-electron chi connectivity index (χ4n) is 3.69. The van der Waals surface area contributed by atoms with Crippen LogP contribution in [0.2, 0.25) is 0 Å². The van der Waals surface area contributed by atoms with Crippen molar-refractivity contribution in [2.24, 2.45) is 0 Å². The minimum absolute atomic E-state index is 0.163. The number of rotatable bonds is 5. The molecule has 23 heavy (non-hydrogen) atoms. The summed E-state index contributed by atoms with van der Waals surface area (Å²) in [5.41, 5.74) is 1.07. The van der Waals surface area contributed by atoms with Crippen LogP contribution in [0.5, 0.6) is 0 Å². The van der Waals surface area contributed by atoms with Gasteiger partial charge in [0.15, 0.2) is 0 Å². The SMILES string of the molecule is O=C(O)CC1C(=O)NCCN1Cc1cncn1C1CCCCC1. The zero-order chi connectivity index (χ0) is 16.2. The second kappa shape index (κ2) is 7.12. The standard InChI is InChI=1S/C16H24N4O3/c21-15(22)8-14-16(23)18-6-7-19(14)10-13-9-17-11-20(13)12-4-2-1-3-5-12/h9,11-12,14H,1-8,10H2,(H,18,23)(H,21,22). The van der Waals surface area contributed by atoms with Gasteiger partial charge in [-0.15, -0.1) is 0 Å². The number of hydrogen-bond acceptors (Lipinski definition) is 4. The van der Waals surface area contributed by atoms with Crippen LogP contribution < -0.4 is 5.32 Å². The largest absolute Gasteiger partial charge is 0.481 e. The number of imidazole rings is 1. The maximum Gasteiger partial charge on any atom is 0.305 e. The van der Waals surface area contributed by atoms with Crippen LogP contribution in [0.3, 0.4) is 0 Å². The van der Waals surface area contributed by atoms with Crippen LogP contribution in [-0.4, -0.2) is 50.6 Å². The molecule has 1 saturated heterocycles. The summed E-state index contributed by atoms with van der Waals surface area (Å²) in [6, 6.07) is -0.117. The minimum Gasteiger partial charge on any atom is -0.481 e. The Morgan fingerprint density at radius 1 is 1.35 bits per heavy atom. The summed E-state index contributed by atoms with van der Waals surface area (Å²) in [6.07, 6.45) is 9.69. The molecule has 1 atom stereocenters. The van der Waals surface area contributed by atoms with E-state index < -0.39 is 12.0 Å². The molecule has 7 nitrogen and oxygen atoms in total. The van der Waals surface area contributed by atoms with Gasteiger partial charge in [0.25, 0.3) is 0 Å². The van der Waals surface area contributed by atoms with Crippen molar-refractivity contribution >= 4 is 11.9 Å². The molecule has 1 unspecified atom stereocenters. The Bertz CT molecular complexity index is 565. The molecule has 2 aliphatic rings. The van der Waals surface area contributed by atoms with Gasteiger partial charge in [-0.05, 0) is 12.8 Å². The summed E-state index contributed by atoms with van der Waals surface area (Å²) in [6.45, 7) is 1.80. The lowest BCUT2D eigenvalue weighted by molar-refractivity contribution is -0.143. The Balaban J connectivity index is 1.73. The fourth-order valence-corrected chi connectivity index (χ4v) is 3.69. The molecule has 1 aliphatic heterocycles. The van der Waals surface area contributed by atoms with Crippen LogP contribution in [0.4, 0.5) is 0 Å². The van der Waals surface area contributed by atoms with Crippen molar-refractivity contribution in [3.05, 3.63) is 18.2 Å². The molecule has 1 aromatic heterocycles. The van der Waals surface area contributed by atoms with Gasteiger partial charge in [-0.3, -0.25) is 14.5 Å². The topological polar surface area (TPSA) is 87.5 Å². The van der Waals surface area contributed by atoms with Crippen LogP contribution in [0.1, 0.15) is 50.3 Å². The van der Waals surface area contributed by atoms with Crippen molar-refractivity contribution < 1.29 is 14.7 Å². The van der Waals surface area contributed by atoms with E-state index in [1.54, 1.807) is 0 Å². The van der Waals surface area contributed by atoms with Crippen molar-refractivity contribution in [2.45, 2.75) is 57.2 Å². The van der Waals surface area contributed by atoms with E-state index in [1.807, 2.05) is 17.4 Å². The molecule has 2 heterocycles. The quantitative estimate of drug-likeness (QED) is 0.850. The van der Waals surface area contributed by atoms with Crippen LogP contribution in [0.15, 0.2) is 12.5 Å². The normalized spacial score (nSPS) is 23.7. The van der Waals surface area contributed by atoms with E-state index in [-0.39, 0.29) is 12.3 Å². The second-order valence-corrected chi connectivity index (χ2v) is 6.46. The number of carboxylic acids is 1. The first-order valence-electron chi connectivity index (χ1n) is 8.39. The molecule has 1 amide bonds. The van der Waals surface area contributed by atoms with Gasteiger partial charge in [0.1, 0.15) is 6.04 Å². The summed E-state index contributed by atoms with van der Waals surface area (Å²) >= 11 is 0. The lowest BCUT2D eigenvalue weighted by Gasteiger charge is -2.35. The van der Waals surface area contributed by atoms with Gasteiger partial charge in [0.05, 0.1) is 18.4 Å². The highest BCUT2D eigenvalue weighted by atomic mass is 16.4. The molecule has 0 spiro atoms. The van der Waals surface area contributed by atoms with Gasteiger partial charge in [-0.25, -0.2) is 4.98 Å². The molecular formula is C16H24N4O3. The molecule has 1 aliphatic carbocycles. The van der Waals surface area contributed by atoms with Crippen molar-refractivity contribution in [3.8, 4) is 0 Å². The van der Waals surface area contributed by atoms with E-state index in [0.29, 0.717) is 25.7 Å². The van der Waals surface area contributed by atoms with Gasteiger partial charge in [0.2, 0.25) is 5.91 Å². The molecule has 1 saturated carbocycles. The summed E-state index contributed by atoms with van der Waals surface area (Å²) in [7, 11) is 0. The van der Waals surface area contributed by atoms with Crippen LogP contribution in [0.25, 0.3) is 0 Å². The maximum atomic E-state index is 12.0. The van der Waals surface area contributed by atoms with E-state index in [2.05, 4.69) is 14.9 Å². The van der Waals surface area contributed by atoms with Crippen LogP contribution >= 0.6 is 0 Å². The summed E-state index contributed by atoms with van der Waals surface area (Å²) in [4.78, 5) is 29.3. The molecule has 1 aromatic rings. The van der Waals surface area contributed by atoms with E-state index in [9.17, 15) is 9.59 Å². The highest BCUT2D eigenvalue weighted by Gasteiger charge is 2.32. The monoisotopic (exact) mass is 320 g/mol. The zero-order valence-electron chi connectivity index (χ0n) is 13.3. The molecule has 7 heteroatoms. The first kappa shape index (κ1) is 16.0. The average molecular weight is 320 g/mol. The number of aliphatic carboxylic acids is 1. The van der Waals surface area contributed by atoms with Crippen molar-refractivity contribution in [3.63, 3.8) is 0 Å². The van der Waals surface area contributed by atoms with Crippen molar-refractivity contribution in [2.75, 3.05) is 13.1 Å². The number of carboxylic acid groups (broad SMARTS) is 1. The van der Waals surface area contributed by atoms with E-state index >= 15 is 0 Å². The highest BCUT2D eigenvalue weighted by molar-refractivity contribution is 5.86. The zero-order valence-corrected chi connectivity index (χ0v) is 13.3. The van der Waals surface area contributed by atoms with Gasteiger partial charge >= 0.3 is 5.97 Å². The number of carbonyl (C=O) groups excluding carboxylic acids is 1. The fraction of sp³-hybridized carbons (Fsp3) is 0.688. The number of aromatic nitrogens is 2. The Hall–Kier alpha value is -1.89. The summed E-state index contributed by atoms with van der Waals surface area (Å²) < 4.78 is 2.23. The third kappa shape index (κ3) is 3.72. The Kier molecular flexibility index (Phi) is 4.95. The van der Waals surface area contributed by atoms with E-state index in [4.69, 9.17) is 5.11 Å². The van der Waals surface area contributed by atoms with E-state index in [0.717, 1.165) is 5.69 Å². The highest BCUT2D eigenvalue weighted by Crippen LogP contribution is 2.29. The number of piperazine rings is 1. The number of carbonyl (C=O) groups is 2. The number of nitrogens with zero attached hydrogens (tertiary/aromatic N) is 3. The number of nitrogens with one attached hydrogen (secondary N) is 1.